The van der Waals surface area contributed by atoms with E-state index in [1.807, 2.05) is 18.2 Å². The molecule has 0 heterocycles. The fraction of sp³-hybridized carbons (Fsp3) is 0.700. The molecule has 0 aromatic carbocycles. The Kier molecular flexibility index (Phi) is 37.8. The Morgan fingerprint density at radius 2 is 1.18 bits per heavy atom. The number of phosphoric acid groups is 2. The summed E-state index contributed by atoms with van der Waals surface area (Å²) in [7, 11) is -11.0. The molecule has 1 unspecified atom stereocenters. The average Bonchev–Trinajstić information content (AvgIpc) is 3.33. The molecule has 1 aliphatic rings. The van der Waals surface area contributed by atoms with E-state index < -0.39 is 107 Å². The number of carbonyl (C=O) groups excluding carboxylic acids is 2. The number of aliphatic hydroxyl groups is 5. The molecule has 0 aromatic heterocycles. The van der Waals surface area contributed by atoms with E-state index >= 15 is 0 Å². The number of hydrogen-bond acceptors (Lipinski definition) is 17. The van der Waals surface area contributed by atoms with Crippen LogP contribution in [0.1, 0.15) is 142 Å². The van der Waals surface area contributed by atoms with Crippen LogP contribution in [0, 0.1) is 0 Å². The number of aliphatic carboxylic acids is 1. The lowest BCUT2D eigenvalue weighted by molar-refractivity contribution is -0.216. The largest absolute Gasteiger partial charge is 0.481 e. The number of thioether (sulfide) groups is 1. The van der Waals surface area contributed by atoms with Crippen LogP contribution in [0.25, 0.3) is 0 Å². The minimum Gasteiger partial charge on any atom is -0.481 e. The van der Waals surface area contributed by atoms with Crippen molar-refractivity contribution in [2.45, 2.75) is 202 Å². The summed E-state index contributed by atoms with van der Waals surface area (Å²) in [6, 6.07) is -1.32. The number of ether oxygens (including phenoxy) is 2. The molecular formula is C50H85NO19P2S. The summed E-state index contributed by atoms with van der Waals surface area (Å²) in [4.78, 5) is 66.6. The van der Waals surface area contributed by atoms with Crippen molar-refractivity contribution in [3.8, 4) is 0 Å². The minimum atomic E-state index is -5.51. The Balaban J connectivity index is 3.01. The van der Waals surface area contributed by atoms with Gasteiger partial charge in [0.05, 0.1) is 12.7 Å². The Bertz CT molecular complexity index is 1810. The molecule has 1 aliphatic carbocycles. The third kappa shape index (κ3) is 33.8. The van der Waals surface area contributed by atoms with Gasteiger partial charge < -0.3 is 60.5 Å². The smallest absolute Gasteiger partial charge is 0.472 e. The van der Waals surface area contributed by atoms with Crippen LogP contribution in [-0.2, 0) is 46.6 Å². The van der Waals surface area contributed by atoms with Crippen LogP contribution in [0.15, 0.2) is 72.9 Å². The van der Waals surface area contributed by atoms with Crippen molar-refractivity contribution in [2.75, 3.05) is 19.0 Å². The van der Waals surface area contributed by atoms with E-state index in [1.54, 1.807) is 18.2 Å². The van der Waals surface area contributed by atoms with Gasteiger partial charge in [0.25, 0.3) is 0 Å². The van der Waals surface area contributed by atoms with Crippen LogP contribution in [-0.4, -0.2) is 142 Å². The summed E-state index contributed by atoms with van der Waals surface area (Å²) in [6.07, 6.45) is 23.1. The lowest BCUT2D eigenvalue weighted by Crippen LogP contribution is -2.64. The molecule has 0 radical (unpaired) electrons. The van der Waals surface area contributed by atoms with Crippen LogP contribution in [0.4, 0.5) is 0 Å². The van der Waals surface area contributed by atoms with Crippen LogP contribution in [0.3, 0.4) is 0 Å². The lowest BCUT2D eigenvalue weighted by atomic mass is 9.85. The van der Waals surface area contributed by atoms with E-state index in [1.165, 1.54) is 25.7 Å². The molecule has 420 valence electrons. The number of aliphatic hydroxyl groups excluding tert-OH is 5. The van der Waals surface area contributed by atoms with Gasteiger partial charge in [0.15, 0.2) is 6.10 Å². The van der Waals surface area contributed by atoms with Gasteiger partial charge in [-0.25, -0.2) is 9.13 Å². The first-order chi connectivity index (χ1) is 34.7. The highest BCUT2D eigenvalue weighted by Crippen LogP contribution is 2.50. The number of nitrogens with two attached hydrogens (primary N) is 1. The Hall–Kier alpha value is -2.82. The van der Waals surface area contributed by atoms with Gasteiger partial charge in [-0.05, 0) is 70.6 Å². The number of esters is 2. The summed E-state index contributed by atoms with van der Waals surface area (Å²) in [5.74, 6) is -2.90. The first-order valence-corrected chi connectivity index (χ1v) is 29.5. The second-order valence-corrected chi connectivity index (χ2v) is 21.5. The van der Waals surface area contributed by atoms with Crippen LogP contribution in [0.5, 0.6) is 0 Å². The molecule has 20 nitrogen and oxygen atoms in total. The third-order valence-corrected chi connectivity index (χ3v) is 14.2. The number of allylic oxidation sites excluding steroid dienone is 11. The molecule has 23 heteroatoms. The third-order valence-electron chi connectivity index (χ3n) is 11.2. The van der Waals surface area contributed by atoms with Gasteiger partial charge in [0.2, 0.25) is 0 Å². The summed E-state index contributed by atoms with van der Waals surface area (Å²) in [5.41, 5.74) is 6.17. The van der Waals surface area contributed by atoms with Crippen molar-refractivity contribution in [3.05, 3.63) is 72.9 Å². The summed E-state index contributed by atoms with van der Waals surface area (Å²) in [6.45, 7) is 2.56. The summed E-state index contributed by atoms with van der Waals surface area (Å²) in [5, 5.41) is 60.5. The van der Waals surface area contributed by atoms with E-state index in [0.717, 1.165) is 76.0 Å². The van der Waals surface area contributed by atoms with Crippen molar-refractivity contribution < 1.29 is 91.9 Å². The second-order valence-electron chi connectivity index (χ2n) is 17.7. The van der Waals surface area contributed by atoms with Gasteiger partial charge in [0, 0.05) is 23.8 Å². The maximum Gasteiger partial charge on any atom is 0.472 e. The monoisotopic (exact) mass is 1100 g/mol. The average molecular weight is 1100 g/mol. The van der Waals surface area contributed by atoms with Gasteiger partial charge >= 0.3 is 33.6 Å². The number of phosphoric ester groups is 2. The van der Waals surface area contributed by atoms with E-state index in [0.29, 0.717) is 12.8 Å². The highest BCUT2D eigenvalue weighted by molar-refractivity contribution is 8.00. The summed E-state index contributed by atoms with van der Waals surface area (Å²) < 4.78 is 49.9. The van der Waals surface area contributed by atoms with Crippen molar-refractivity contribution >= 4 is 45.3 Å². The number of unbranched alkanes of at least 4 members (excludes halogenated alkanes) is 11. The van der Waals surface area contributed by atoms with E-state index in [-0.39, 0.29) is 31.4 Å². The highest BCUT2D eigenvalue weighted by atomic mass is 32.2. The van der Waals surface area contributed by atoms with Gasteiger partial charge in [-0.1, -0.05) is 132 Å². The topological polar surface area (TPSA) is 340 Å². The predicted molar refractivity (Wildman–Crippen MR) is 279 cm³/mol. The molecule has 1 rings (SSSR count). The van der Waals surface area contributed by atoms with Gasteiger partial charge in [-0.2, -0.15) is 0 Å². The quantitative estimate of drug-likeness (QED) is 0.00973. The molecule has 1 saturated carbocycles. The minimum absolute atomic E-state index is 0.0855. The Labute approximate surface area is 435 Å². The standard InChI is InChI=1S/C50H85NO19P2S/c1-3-5-7-9-11-13-15-17-18-19-21-23-25-27-29-34-43(55)68-38(36-67-72(64,65)70-49-47(59)45(57)44(56)46(58)48(49)69-71(61,62)63)35-66-50(60)39(51)37-73-41(40(52)31-30-33-42(53)54)32-28-26-24-22-20-16-14-12-10-8-6-4-2/h11-14,17-18,20,22,24,26,28,32,38-41,44-49,52,56-59H,3-10,15-16,19,21,23,25,27,29-31,33-37,51H2,1-2H3,(H,53,54)(H,64,65)(H2,61,62,63)/b13-11-,14-12-,18-17-,22-20-,26-24+,32-28+/t38-,39+,40+,41-,44+,45+,46-,47-,48-,49+/m1/s1. The van der Waals surface area contributed by atoms with Crippen LogP contribution in [0.2, 0.25) is 0 Å². The molecule has 0 aromatic rings. The second kappa shape index (κ2) is 40.4. The molecular weight excluding hydrogens is 1010 g/mol. The highest BCUT2D eigenvalue weighted by Gasteiger charge is 2.54. The fourth-order valence-electron chi connectivity index (χ4n) is 7.14. The van der Waals surface area contributed by atoms with Crippen molar-refractivity contribution in [1.82, 2.24) is 0 Å². The lowest BCUT2D eigenvalue weighted by Gasteiger charge is -2.43. The van der Waals surface area contributed by atoms with Crippen molar-refractivity contribution in [2.24, 2.45) is 5.73 Å². The molecule has 0 saturated heterocycles. The number of carboxylic acids is 1. The molecule has 73 heavy (non-hydrogen) atoms. The molecule has 11 atom stereocenters. The van der Waals surface area contributed by atoms with Crippen LogP contribution >= 0.6 is 27.4 Å². The summed E-state index contributed by atoms with van der Waals surface area (Å²) >= 11 is 1.11. The van der Waals surface area contributed by atoms with Crippen molar-refractivity contribution in [3.63, 3.8) is 0 Å². The Morgan fingerprint density at radius 3 is 1.75 bits per heavy atom. The molecule has 0 aliphatic heterocycles. The number of carboxylic acid groups (broad SMARTS) is 1. The van der Waals surface area contributed by atoms with Gasteiger partial charge in [0.1, 0.15) is 49.3 Å². The van der Waals surface area contributed by atoms with E-state index in [4.69, 9.17) is 29.4 Å². The van der Waals surface area contributed by atoms with Gasteiger partial charge in [-0.3, -0.25) is 28.0 Å². The number of rotatable bonds is 42. The zero-order valence-corrected chi connectivity index (χ0v) is 45.1. The normalized spacial score (nSPS) is 22.5. The van der Waals surface area contributed by atoms with Crippen LogP contribution < -0.4 is 5.73 Å². The Morgan fingerprint density at radius 1 is 0.644 bits per heavy atom. The SMILES string of the molecule is CCCCC/C=C\C\C=C/C=C/C=C/[C@@H](SC[C@H](N)C(=O)OC[C@H](COP(=O)(O)O[C@H]1[C@H](O)[C@@H](O)[C@H](O)[C@@H](O)[C@H]1OP(=O)(O)O)OC(=O)CCCCCCC/C=C\C/C=C\CCCCC)[C@@H](O)CCCC(=O)O. The maximum absolute atomic E-state index is 13.2. The predicted octanol–water partition coefficient (Wildman–Crippen LogP) is 6.93. The maximum atomic E-state index is 13.2. The first-order valence-electron chi connectivity index (χ1n) is 25.4. The zero-order chi connectivity index (χ0) is 54.5. The van der Waals surface area contributed by atoms with E-state index in [9.17, 15) is 63.7 Å². The molecule has 0 amide bonds. The van der Waals surface area contributed by atoms with E-state index in [2.05, 4.69) is 54.8 Å². The number of hydrogen-bond donors (Lipinski definition) is 10. The number of carbonyl (C=O) groups is 3. The van der Waals surface area contributed by atoms with Crippen molar-refractivity contribution in [1.29, 1.82) is 0 Å². The van der Waals surface area contributed by atoms with Gasteiger partial charge in [-0.15, -0.1) is 11.8 Å². The molecule has 1 fully saturated rings. The molecule has 0 spiro atoms. The fourth-order valence-corrected chi connectivity index (χ4v) is 9.79. The molecule has 11 N–H and O–H groups in total. The zero-order valence-electron chi connectivity index (χ0n) is 42.5. The molecule has 0 bridgehead atoms. The first kappa shape index (κ1) is 68.2.